The number of carbonyl (C=O) groups is 1. The van der Waals surface area contributed by atoms with Crippen LogP contribution < -0.4 is 10.6 Å². The van der Waals surface area contributed by atoms with Crippen molar-refractivity contribution >= 4 is 45.0 Å². The van der Waals surface area contributed by atoms with Crippen LogP contribution >= 0.6 is 27.7 Å². The van der Waals surface area contributed by atoms with Gasteiger partial charge in [-0.1, -0.05) is 27.7 Å². The van der Waals surface area contributed by atoms with Gasteiger partial charge in [-0.2, -0.15) is 0 Å². The quantitative estimate of drug-likeness (QED) is 0.398. The van der Waals surface area contributed by atoms with Crippen LogP contribution in [0.4, 0.5) is 15.8 Å². The van der Waals surface area contributed by atoms with Crippen LogP contribution in [0, 0.1) is 5.82 Å². The zero-order valence-electron chi connectivity index (χ0n) is 17.3. The molecule has 7 nitrogen and oxygen atoms in total. The van der Waals surface area contributed by atoms with Crippen LogP contribution in [0.2, 0.25) is 0 Å². The van der Waals surface area contributed by atoms with Gasteiger partial charge >= 0.3 is 0 Å². The van der Waals surface area contributed by atoms with E-state index in [2.05, 4.69) is 36.8 Å². The maximum atomic E-state index is 13.1. The largest absolute Gasteiger partial charge is 0.378 e. The van der Waals surface area contributed by atoms with Crippen LogP contribution in [0.5, 0.6) is 0 Å². The first-order valence-electron chi connectivity index (χ1n) is 10.3. The molecule has 1 aromatic heterocycles. The number of hydrogen-bond acceptors (Lipinski definition) is 6. The van der Waals surface area contributed by atoms with E-state index >= 15 is 0 Å². The van der Waals surface area contributed by atoms with Gasteiger partial charge < -0.3 is 19.9 Å². The number of anilines is 2. The summed E-state index contributed by atoms with van der Waals surface area (Å²) >= 11 is 4.72. The highest BCUT2D eigenvalue weighted by Gasteiger charge is 2.21. The van der Waals surface area contributed by atoms with E-state index in [4.69, 9.17) is 4.74 Å². The predicted molar refractivity (Wildman–Crippen MR) is 126 cm³/mol. The average molecular weight is 520 g/mol. The van der Waals surface area contributed by atoms with E-state index in [9.17, 15) is 9.18 Å². The molecule has 0 saturated carbocycles. The van der Waals surface area contributed by atoms with Crippen LogP contribution in [0.15, 0.2) is 58.2 Å². The van der Waals surface area contributed by atoms with Gasteiger partial charge in [0, 0.05) is 22.5 Å². The molecule has 2 N–H and O–H groups in total. The summed E-state index contributed by atoms with van der Waals surface area (Å²) in [6.07, 6.45) is 2.12. The van der Waals surface area contributed by atoms with Gasteiger partial charge in [0.2, 0.25) is 5.91 Å². The summed E-state index contributed by atoms with van der Waals surface area (Å²) in [4.78, 5) is 12.4. The minimum absolute atomic E-state index is 0.103. The molecule has 1 amide bonds. The van der Waals surface area contributed by atoms with Crippen LogP contribution in [-0.2, 0) is 22.6 Å². The summed E-state index contributed by atoms with van der Waals surface area (Å²) < 4.78 is 21.9. The van der Waals surface area contributed by atoms with Gasteiger partial charge in [-0.05, 0) is 61.4 Å². The zero-order chi connectivity index (χ0) is 22.3. The van der Waals surface area contributed by atoms with Gasteiger partial charge in [0.1, 0.15) is 5.82 Å². The highest BCUT2D eigenvalue weighted by Crippen LogP contribution is 2.23. The second-order valence-electron chi connectivity index (χ2n) is 7.35. The Morgan fingerprint density at radius 3 is 2.62 bits per heavy atom. The van der Waals surface area contributed by atoms with Crippen molar-refractivity contribution in [3.05, 3.63) is 64.6 Å². The summed E-state index contributed by atoms with van der Waals surface area (Å²) in [6.45, 7) is 1.81. The van der Waals surface area contributed by atoms with Gasteiger partial charge in [0.25, 0.3) is 0 Å². The summed E-state index contributed by atoms with van der Waals surface area (Å²) in [5.41, 5.74) is 1.53. The lowest BCUT2D eigenvalue weighted by molar-refractivity contribution is -0.113. The Morgan fingerprint density at radius 1 is 1.16 bits per heavy atom. The summed E-state index contributed by atoms with van der Waals surface area (Å²) in [5.74, 6) is 0.554. The lowest BCUT2D eigenvalue weighted by atomic mass is 10.2. The Bertz CT molecular complexity index is 1040. The number of nitrogens with zero attached hydrogens (tertiary/aromatic N) is 3. The lowest BCUT2D eigenvalue weighted by Gasteiger charge is -2.15. The third-order valence-corrected chi connectivity index (χ3v) is 6.45. The lowest BCUT2D eigenvalue weighted by Crippen LogP contribution is -2.20. The van der Waals surface area contributed by atoms with Crippen LogP contribution in [0.1, 0.15) is 18.7 Å². The number of benzene rings is 2. The first-order valence-corrected chi connectivity index (χ1v) is 12.1. The Hall–Kier alpha value is -2.43. The molecule has 1 atom stereocenters. The molecule has 2 aromatic carbocycles. The molecule has 2 heterocycles. The van der Waals surface area contributed by atoms with Crippen molar-refractivity contribution in [1.82, 2.24) is 14.8 Å². The number of rotatable bonds is 9. The van der Waals surface area contributed by atoms with E-state index < -0.39 is 0 Å². The molecule has 0 bridgehead atoms. The van der Waals surface area contributed by atoms with E-state index in [0.717, 1.165) is 41.1 Å². The normalized spacial score (nSPS) is 15.6. The summed E-state index contributed by atoms with van der Waals surface area (Å²) in [7, 11) is 0. The van der Waals surface area contributed by atoms with E-state index in [1.54, 1.807) is 12.1 Å². The Morgan fingerprint density at radius 2 is 1.91 bits per heavy atom. The molecule has 1 aliphatic rings. The Labute approximate surface area is 198 Å². The molecule has 1 saturated heterocycles. The molecule has 0 spiro atoms. The topological polar surface area (TPSA) is 81.1 Å². The van der Waals surface area contributed by atoms with Gasteiger partial charge in [0.15, 0.2) is 11.0 Å². The monoisotopic (exact) mass is 519 g/mol. The number of amides is 1. The fraction of sp³-hybridized carbons (Fsp3) is 0.318. The molecule has 168 valence electrons. The number of aromatic nitrogens is 3. The maximum absolute atomic E-state index is 13.1. The second kappa shape index (κ2) is 10.9. The van der Waals surface area contributed by atoms with Crippen molar-refractivity contribution in [1.29, 1.82) is 0 Å². The number of halogens is 2. The minimum atomic E-state index is -0.280. The predicted octanol–water partition coefficient (Wildman–Crippen LogP) is 4.70. The molecule has 0 aliphatic carbocycles. The van der Waals surface area contributed by atoms with E-state index in [1.165, 1.54) is 23.9 Å². The number of ether oxygens (including phenoxy) is 1. The highest BCUT2D eigenvalue weighted by molar-refractivity contribution is 9.10. The fourth-order valence-corrected chi connectivity index (χ4v) is 4.37. The third kappa shape index (κ3) is 6.30. The van der Waals surface area contributed by atoms with Crippen molar-refractivity contribution in [2.24, 2.45) is 0 Å². The molecule has 32 heavy (non-hydrogen) atoms. The van der Waals surface area contributed by atoms with Crippen molar-refractivity contribution in [3.63, 3.8) is 0 Å². The van der Waals surface area contributed by atoms with Crippen molar-refractivity contribution in [2.45, 2.75) is 37.2 Å². The van der Waals surface area contributed by atoms with Gasteiger partial charge in [0.05, 0.1) is 24.9 Å². The minimum Gasteiger partial charge on any atom is -0.378 e. The number of thioether (sulfide) groups is 1. The van der Waals surface area contributed by atoms with E-state index in [0.29, 0.717) is 18.2 Å². The highest BCUT2D eigenvalue weighted by atomic mass is 79.9. The van der Waals surface area contributed by atoms with Gasteiger partial charge in [-0.15, -0.1) is 10.2 Å². The van der Waals surface area contributed by atoms with Gasteiger partial charge in [-0.3, -0.25) is 4.79 Å². The summed E-state index contributed by atoms with van der Waals surface area (Å²) in [6, 6.07) is 13.6. The molecule has 1 aliphatic heterocycles. The number of nitrogens with one attached hydrogen (secondary N) is 2. The standard InChI is InChI=1S/C22H23BrFN5O2S/c23-15-3-7-18(8-4-15)26-21(30)14-32-22-28-27-20(29(22)13-19-2-1-11-31-19)12-25-17-9-5-16(24)6-10-17/h3-10,19,25H,1-2,11-14H2,(H,26,30)/t19-/m1/s1. The molecular formula is C22H23BrFN5O2S. The third-order valence-electron chi connectivity index (χ3n) is 4.96. The average Bonchev–Trinajstić information content (AvgIpc) is 3.44. The van der Waals surface area contributed by atoms with Crippen LogP contribution in [-0.4, -0.2) is 39.1 Å². The number of hydrogen-bond donors (Lipinski definition) is 2. The second-order valence-corrected chi connectivity index (χ2v) is 9.21. The van der Waals surface area contributed by atoms with Crippen LogP contribution in [0.25, 0.3) is 0 Å². The van der Waals surface area contributed by atoms with Crippen molar-refractivity contribution in [3.8, 4) is 0 Å². The molecule has 0 radical (unpaired) electrons. The molecular weight excluding hydrogens is 497 g/mol. The fourth-order valence-electron chi connectivity index (χ4n) is 3.34. The van der Waals surface area contributed by atoms with E-state index in [1.807, 2.05) is 28.8 Å². The van der Waals surface area contributed by atoms with Crippen molar-refractivity contribution < 1.29 is 13.9 Å². The van der Waals surface area contributed by atoms with Gasteiger partial charge in [-0.25, -0.2) is 4.39 Å². The van der Waals surface area contributed by atoms with E-state index in [-0.39, 0.29) is 23.6 Å². The SMILES string of the molecule is O=C(CSc1nnc(CNc2ccc(F)cc2)n1C[C@H]1CCCO1)Nc1ccc(Br)cc1. The molecule has 1 fully saturated rings. The maximum Gasteiger partial charge on any atom is 0.234 e. The molecule has 10 heteroatoms. The molecule has 4 rings (SSSR count). The van der Waals surface area contributed by atoms with Crippen molar-refractivity contribution in [2.75, 3.05) is 23.0 Å². The number of carbonyl (C=O) groups excluding carboxylic acids is 1. The summed E-state index contributed by atoms with van der Waals surface area (Å²) in [5, 5.41) is 15.4. The zero-order valence-corrected chi connectivity index (χ0v) is 19.7. The molecule has 0 unspecified atom stereocenters. The first-order chi connectivity index (χ1) is 15.6. The molecule has 3 aromatic rings. The smallest absolute Gasteiger partial charge is 0.234 e. The first kappa shape index (κ1) is 22.8. The Kier molecular flexibility index (Phi) is 7.77. The Balaban J connectivity index is 1.41. The van der Waals surface area contributed by atoms with Crippen LogP contribution in [0.3, 0.4) is 0 Å².